The third-order valence-corrected chi connectivity index (χ3v) is 5.35. The van der Waals surface area contributed by atoms with Gasteiger partial charge in [0, 0.05) is 34.7 Å². The van der Waals surface area contributed by atoms with Crippen LogP contribution < -0.4 is 10.6 Å². The molecule has 2 aliphatic heterocycles. The Labute approximate surface area is 139 Å². The minimum absolute atomic E-state index is 0.0945. The zero-order valence-corrected chi connectivity index (χ0v) is 13.6. The minimum atomic E-state index is -0.909. The van der Waals surface area contributed by atoms with Crippen LogP contribution in [0.3, 0.4) is 0 Å². The van der Waals surface area contributed by atoms with Crippen LogP contribution in [0.1, 0.15) is 31.7 Å². The van der Waals surface area contributed by atoms with E-state index in [1.807, 2.05) is 25.1 Å². The maximum Gasteiger partial charge on any atom is 0.250 e. The van der Waals surface area contributed by atoms with Gasteiger partial charge in [0.1, 0.15) is 11.4 Å². The number of rotatable bonds is 1. The number of halogens is 2. The zero-order chi connectivity index (χ0) is 16.2. The predicted octanol–water partition coefficient (Wildman–Crippen LogP) is 4.06. The van der Waals surface area contributed by atoms with Gasteiger partial charge in [0.05, 0.1) is 0 Å². The van der Waals surface area contributed by atoms with Gasteiger partial charge in [-0.1, -0.05) is 29.8 Å². The monoisotopic (exact) mass is 332 g/mol. The summed E-state index contributed by atoms with van der Waals surface area (Å²) < 4.78 is 14.5. The minimum Gasteiger partial charge on any atom is -0.324 e. The van der Waals surface area contributed by atoms with Crippen molar-refractivity contribution in [2.75, 3.05) is 5.32 Å². The van der Waals surface area contributed by atoms with E-state index in [1.54, 1.807) is 12.1 Å². The van der Waals surface area contributed by atoms with E-state index < -0.39 is 5.54 Å². The molecule has 1 unspecified atom stereocenters. The van der Waals surface area contributed by atoms with Crippen molar-refractivity contribution in [2.45, 2.75) is 37.8 Å². The highest BCUT2D eigenvalue weighted by atomic mass is 35.5. The molecule has 120 valence electrons. The third kappa shape index (κ3) is 2.08. The van der Waals surface area contributed by atoms with Crippen molar-refractivity contribution in [3.8, 4) is 0 Å². The maximum atomic E-state index is 14.5. The van der Waals surface area contributed by atoms with Gasteiger partial charge in [-0.3, -0.25) is 10.1 Å². The van der Waals surface area contributed by atoms with Gasteiger partial charge in [-0.2, -0.15) is 0 Å². The fourth-order valence-electron chi connectivity index (χ4n) is 4.20. The van der Waals surface area contributed by atoms with E-state index in [9.17, 15) is 9.18 Å². The Bertz CT molecular complexity index is 757. The van der Waals surface area contributed by atoms with Crippen molar-refractivity contribution in [1.29, 1.82) is 0 Å². The number of carbonyl (C=O) groups is 1. The molecule has 2 heterocycles. The Hall–Kier alpha value is -1.65. The van der Waals surface area contributed by atoms with Crippen molar-refractivity contribution in [3.05, 3.63) is 52.3 Å². The van der Waals surface area contributed by atoms with Crippen LogP contribution in [0, 0.1) is 5.92 Å². The molecule has 1 aromatic carbocycles. The van der Waals surface area contributed by atoms with Crippen molar-refractivity contribution in [3.63, 3.8) is 0 Å². The summed E-state index contributed by atoms with van der Waals surface area (Å²) in [5.74, 6) is -0.428. The van der Waals surface area contributed by atoms with Crippen molar-refractivity contribution < 1.29 is 9.18 Å². The molecule has 3 atom stereocenters. The fraction of sp³-hybridized carbons (Fsp3) is 0.389. The lowest BCUT2D eigenvalue weighted by molar-refractivity contribution is -0.122. The van der Waals surface area contributed by atoms with Gasteiger partial charge in [-0.05, 0) is 37.5 Å². The Morgan fingerprint density at radius 1 is 1.39 bits per heavy atom. The van der Waals surface area contributed by atoms with Crippen LogP contribution in [-0.4, -0.2) is 11.9 Å². The van der Waals surface area contributed by atoms with Crippen molar-refractivity contribution >= 4 is 23.2 Å². The largest absolute Gasteiger partial charge is 0.324 e. The van der Waals surface area contributed by atoms with Crippen LogP contribution >= 0.6 is 11.6 Å². The van der Waals surface area contributed by atoms with Gasteiger partial charge in [-0.15, -0.1) is 0 Å². The van der Waals surface area contributed by atoms with Crippen LogP contribution in [0.15, 0.2) is 41.8 Å². The summed E-state index contributed by atoms with van der Waals surface area (Å²) in [6, 6.07) is 5.54. The smallest absolute Gasteiger partial charge is 0.250 e. The molecule has 1 saturated heterocycles. The molecule has 2 N–H and O–H groups in total. The highest BCUT2D eigenvalue weighted by Gasteiger charge is 2.58. The summed E-state index contributed by atoms with van der Waals surface area (Å²) in [5.41, 5.74) is 1.33. The molecule has 3 nitrogen and oxygen atoms in total. The lowest BCUT2D eigenvalue weighted by Crippen LogP contribution is -2.49. The average molecular weight is 333 g/mol. The summed E-state index contributed by atoms with van der Waals surface area (Å²) in [4.78, 5) is 12.9. The topological polar surface area (TPSA) is 41.1 Å². The Morgan fingerprint density at radius 2 is 2.22 bits per heavy atom. The van der Waals surface area contributed by atoms with Gasteiger partial charge in [0.15, 0.2) is 0 Å². The van der Waals surface area contributed by atoms with E-state index in [2.05, 4.69) is 10.6 Å². The maximum absolute atomic E-state index is 14.5. The Balaban J connectivity index is 1.89. The van der Waals surface area contributed by atoms with Gasteiger partial charge >= 0.3 is 0 Å². The first-order valence-electron chi connectivity index (χ1n) is 7.96. The van der Waals surface area contributed by atoms with E-state index in [4.69, 9.17) is 11.6 Å². The Morgan fingerprint density at radius 3 is 3.00 bits per heavy atom. The Kier molecular flexibility index (Phi) is 3.36. The normalized spacial score (nSPS) is 32.6. The number of amides is 1. The van der Waals surface area contributed by atoms with Gasteiger partial charge in [-0.25, -0.2) is 4.39 Å². The molecule has 0 aromatic heterocycles. The molecule has 1 amide bonds. The summed E-state index contributed by atoms with van der Waals surface area (Å²) >= 11 is 6.05. The number of fused-ring (bicyclic) bond motifs is 2. The second-order valence-corrected chi connectivity index (χ2v) is 7.02. The fourth-order valence-corrected chi connectivity index (χ4v) is 4.37. The van der Waals surface area contributed by atoms with E-state index in [0.29, 0.717) is 17.0 Å². The molecule has 4 rings (SSSR count). The van der Waals surface area contributed by atoms with Crippen molar-refractivity contribution in [2.24, 2.45) is 5.92 Å². The molecule has 1 aliphatic carbocycles. The summed E-state index contributed by atoms with van der Waals surface area (Å²) in [6.07, 6.45) is 5.71. The number of benzene rings is 1. The number of carbonyl (C=O) groups excluding carboxylic acids is 1. The van der Waals surface area contributed by atoms with Crippen LogP contribution in [0.5, 0.6) is 0 Å². The van der Waals surface area contributed by atoms with Crippen LogP contribution in [0.25, 0.3) is 0 Å². The molecule has 1 fully saturated rings. The van der Waals surface area contributed by atoms with Crippen LogP contribution in [0.4, 0.5) is 10.1 Å². The quantitative estimate of drug-likeness (QED) is 0.814. The highest BCUT2D eigenvalue weighted by Crippen LogP contribution is 2.51. The lowest BCUT2D eigenvalue weighted by atomic mass is 9.74. The third-order valence-electron chi connectivity index (χ3n) is 5.12. The van der Waals surface area contributed by atoms with E-state index in [0.717, 1.165) is 24.1 Å². The van der Waals surface area contributed by atoms with Crippen LogP contribution in [0.2, 0.25) is 5.02 Å². The summed E-state index contributed by atoms with van der Waals surface area (Å²) in [5, 5.41) is 6.93. The number of nitrogens with one attached hydrogen (secondary N) is 2. The molecular formula is C18H18ClFN2O. The van der Waals surface area contributed by atoms with E-state index in [-0.39, 0.29) is 23.7 Å². The second kappa shape index (κ2) is 5.18. The van der Waals surface area contributed by atoms with E-state index >= 15 is 0 Å². The van der Waals surface area contributed by atoms with Gasteiger partial charge < -0.3 is 5.32 Å². The number of anilines is 1. The SMILES string of the molecule is C[C@H]1CC(C2=C(F)CCC=C2)[C@@]2(N1)C(=O)Nc1cc(Cl)ccc12. The summed E-state index contributed by atoms with van der Waals surface area (Å²) in [6.45, 7) is 2.04. The van der Waals surface area contributed by atoms with Gasteiger partial charge in [0.2, 0.25) is 5.91 Å². The number of hydrogen-bond donors (Lipinski definition) is 2. The molecule has 1 aromatic rings. The standard InChI is InChI=1S/C18H18ClFN2O/c1-10-8-14(12-4-2-3-5-15(12)20)18(22-10)13-7-6-11(19)9-16(13)21-17(18)23/h2,4,6-7,9-10,14,22H,3,5,8H2,1H3,(H,21,23)/t10-,14?,18+/m0/s1. The molecule has 3 aliphatic rings. The highest BCUT2D eigenvalue weighted by molar-refractivity contribution is 6.31. The molecule has 5 heteroatoms. The number of hydrogen-bond acceptors (Lipinski definition) is 2. The molecule has 0 saturated carbocycles. The number of allylic oxidation sites excluding steroid dienone is 3. The van der Waals surface area contributed by atoms with Crippen molar-refractivity contribution in [1.82, 2.24) is 5.32 Å². The van der Waals surface area contributed by atoms with Crippen LogP contribution in [-0.2, 0) is 10.3 Å². The molecule has 0 radical (unpaired) electrons. The first-order valence-corrected chi connectivity index (χ1v) is 8.34. The second-order valence-electron chi connectivity index (χ2n) is 6.59. The summed E-state index contributed by atoms with van der Waals surface area (Å²) in [7, 11) is 0. The lowest BCUT2D eigenvalue weighted by Gasteiger charge is -2.31. The van der Waals surface area contributed by atoms with E-state index in [1.165, 1.54) is 0 Å². The molecular weight excluding hydrogens is 315 g/mol. The van der Waals surface area contributed by atoms with Gasteiger partial charge in [0.25, 0.3) is 0 Å². The first-order chi connectivity index (χ1) is 11.0. The zero-order valence-electron chi connectivity index (χ0n) is 12.8. The first kappa shape index (κ1) is 14.9. The molecule has 23 heavy (non-hydrogen) atoms. The molecule has 1 spiro atoms. The molecule has 0 bridgehead atoms. The average Bonchev–Trinajstić information content (AvgIpc) is 2.98. The predicted molar refractivity (Wildman–Crippen MR) is 89.0 cm³/mol.